The monoisotopic (exact) mass is 299 g/mol. The van der Waals surface area contributed by atoms with E-state index in [1.807, 2.05) is 61.5 Å². The summed E-state index contributed by atoms with van der Waals surface area (Å²) < 4.78 is 5.76. The fourth-order valence-electron chi connectivity index (χ4n) is 2.19. The molecule has 1 fully saturated rings. The van der Waals surface area contributed by atoms with E-state index < -0.39 is 0 Å². The standard InChI is InChI=1S/C17H17NO2S/c1-12-16(19)18-17(21-12)14-7-9-15(10-8-14)20-11-13-5-3-2-4-6-13/h2-10,12,17H,11H2,1H3,(H,18,19)/t12-,17+/m0/s1. The van der Waals surface area contributed by atoms with Gasteiger partial charge in [0, 0.05) is 0 Å². The molecule has 0 unspecified atom stereocenters. The molecule has 0 bridgehead atoms. The highest BCUT2D eigenvalue weighted by atomic mass is 32.2. The molecule has 3 nitrogen and oxygen atoms in total. The van der Waals surface area contributed by atoms with Crippen LogP contribution in [0.2, 0.25) is 0 Å². The lowest BCUT2D eigenvalue weighted by atomic mass is 10.2. The van der Waals surface area contributed by atoms with E-state index in [0.717, 1.165) is 16.9 Å². The van der Waals surface area contributed by atoms with Crippen molar-refractivity contribution < 1.29 is 9.53 Å². The van der Waals surface area contributed by atoms with Crippen LogP contribution in [0.1, 0.15) is 23.4 Å². The molecular weight excluding hydrogens is 282 g/mol. The number of rotatable bonds is 4. The predicted molar refractivity (Wildman–Crippen MR) is 85.2 cm³/mol. The number of thioether (sulfide) groups is 1. The van der Waals surface area contributed by atoms with Crippen molar-refractivity contribution >= 4 is 17.7 Å². The van der Waals surface area contributed by atoms with Gasteiger partial charge in [0.2, 0.25) is 5.91 Å². The van der Waals surface area contributed by atoms with E-state index in [4.69, 9.17) is 4.74 Å². The minimum Gasteiger partial charge on any atom is -0.489 e. The third-order valence-corrected chi connectivity index (χ3v) is 4.70. The van der Waals surface area contributed by atoms with Crippen molar-refractivity contribution in [2.45, 2.75) is 24.2 Å². The predicted octanol–water partition coefficient (Wildman–Crippen LogP) is 3.52. The van der Waals surface area contributed by atoms with Crippen LogP contribution in [-0.4, -0.2) is 11.2 Å². The molecule has 0 aromatic heterocycles. The fourth-order valence-corrected chi connectivity index (χ4v) is 3.29. The van der Waals surface area contributed by atoms with Gasteiger partial charge in [-0.1, -0.05) is 42.5 Å². The second-order valence-electron chi connectivity index (χ2n) is 5.01. The summed E-state index contributed by atoms with van der Waals surface area (Å²) in [6.07, 6.45) is 0. The molecule has 21 heavy (non-hydrogen) atoms. The summed E-state index contributed by atoms with van der Waals surface area (Å²) in [5, 5.41) is 3.05. The maximum Gasteiger partial charge on any atom is 0.234 e. The topological polar surface area (TPSA) is 38.3 Å². The van der Waals surface area contributed by atoms with E-state index in [1.54, 1.807) is 11.8 Å². The second kappa shape index (κ2) is 6.22. The Balaban J connectivity index is 1.61. The number of hydrogen-bond donors (Lipinski definition) is 1. The molecule has 0 aliphatic carbocycles. The minimum atomic E-state index is 0.0176. The van der Waals surface area contributed by atoms with Crippen LogP contribution < -0.4 is 10.1 Å². The Morgan fingerprint density at radius 3 is 2.43 bits per heavy atom. The van der Waals surface area contributed by atoms with Gasteiger partial charge >= 0.3 is 0 Å². The molecule has 4 heteroatoms. The van der Waals surface area contributed by atoms with Crippen molar-refractivity contribution in [2.75, 3.05) is 0 Å². The Morgan fingerprint density at radius 1 is 1.10 bits per heavy atom. The van der Waals surface area contributed by atoms with Gasteiger partial charge < -0.3 is 10.1 Å². The van der Waals surface area contributed by atoms with Crippen molar-refractivity contribution in [1.82, 2.24) is 5.32 Å². The smallest absolute Gasteiger partial charge is 0.234 e. The number of benzene rings is 2. The van der Waals surface area contributed by atoms with Gasteiger partial charge in [-0.25, -0.2) is 0 Å². The van der Waals surface area contributed by atoms with Gasteiger partial charge in [-0.05, 0) is 30.2 Å². The molecule has 0 saturated carbocycles. The molecule has 2 aromatic carbocycles. The molecule has 1 heterocycles. The lowest BCUT2D eigenvalue weighted by molar-refractivity contribution is -0.119. The number of ether oxygens (including phenoxy) is 1. The average Bonchev–Trinajstić information content (AvgIpc) is 2.86. The highest BCUT2D eigenvalue weighted by Gasteiger charge is 2.29. The first-order chi connectivity index (χ1) is 10.2. The van der Waals surface area contributed by atoms with Gasteiger partial charge in [0.1, 0.15) is 17.7 Å². The quantitative estimate of drug-likeness (QED) is 0.939. The lowest BCUT2D eigenvalue weighted by Gasteiger charge is -2.11. The first-order valence-electron chi connectivity index (χ1n) is 6.95. The SMILES string of the molecule is C[C@@H]1S[C@H](c2ccc(OCc3ccccc3)cc2)NC1=O. The van der Waals surface area contributed by atoms with E-state index in [2.05, 4.69) is 5.32 Å². The third-order valence-electron chi connectivity index (χ3n) is 3.41. The van der Waals surface area contributed by atoms with Crippen molar-refractivity contribution in [3.8, 4) is 5.75 Å². The largest absolute Gasteiger partial charge is 0.489 e. The maximum atomic E-state index is 11.5. The van der Waals surface area contributed by atoms with Crippen molar-refractivity contribution in [3.63, 3.8) is 0 Å². The number of amides is 1. The zero-order valence-corrected chi connectivity index (χ0v) is 12.6. The fraction of sp³-hybridized carbons (Fsp3) is 0.235. The molecule has 2 aromatic rings. The van der Waals surface area contributed by atoms with Gasteiger partial charge in [-0.15, -0.1) is 11.8 Å². The molecule has 1 aliphatic heterocycles. The van der Waals surface area contributed by atoms with Crippen molar-refractivity contribution in [2.24, 2.45) is 0 Å². The van der Waals surface area contributed by atoms with Crippen LogP contribution in [0.15, 0.2) is 54.6 Å². The highest BCUT2D eigenvalue weighted by Crippen LogP contribution is 2.35. The van der Waals surface area contributed by atoms with E-state index in [1.165, 1.54) is 0 Å². The van der Waals surface area contributed by atoms with Crippen LogP contribution in [0.3, 0.4) is 0 Å². The highest BCUT2D eigenvalue weighted by molar-refractivity contribution is 8.01. The lowest BCUT2D eigenvalue weighted by Crippen LogP contribution is -2.22. The molecule has 0 spiro atoms. The number of nitrogens with one attached hydrogen (secondary N) is 1. The van der Waals surface area contributed by atoms with Gasteiger partial charge in [0.05, 0.1) is 5.25 Å². The number of carbonyl (C=O) groups excluding carboxylic acids is 1. The van der Waals surface area contributed by atoms with Crippen LogP contribution in [0.4, 0.5) is 0 Å². The summed E-state index contributed by atoms with van der Waals surface area (Å²) >= 11 is 1.64. The Hall–Kier alpha value is -1.94. The molecule has 1 saturated heterocycles. The first kappa shape index (κ1) is 14.0. The molecule has 0 radical (unpaired) electrons. The molecule has 1 aliphatic rings. The first-order valence-corrected chi connectivity index (χ1v) is 7.89. The summed E-state index contributed by atoms with van der Waals surface area (Å²) in [6.45, 7) is 2.49. The number of hydrogen-bond acceptors (Lipinski definition) is 3. The Bertz CT molecular complexity index is 612. The summed E-state index contributed by atoms with van der Waals surface area (Å²) in [5.41, 5.74) is 2.25. The third kappa shape index (κ3) is 3.39. The van der Waals surface area contributed by atoms with E-state index >= 15 is 0 Å². The maximum absolute atomic E-state index is 11.5. The molecule has 1 amide bonds. The van der Waals surface area contributed by atoms with Gasteiger partial charge in [0.25, 0.3) is 0 Å². The van der Waals surface area contributed by atoms with E-state index in [9.17, 15) is 4.79 Å². The summed E-state index contributed by atoms with van der Waals surface area (Å²) in [5.74, 6) is 0.944. The van der Waals surface area contributed by atoms with Gasteiger partial charge in [-0.3, -0.25) is 4.79 Å². The van der Waals surface area contributed by atoms with Crippen molar-refractivity contribution in [1.29, 1.82) is 0 Å². The van der Waals surface area contributed by atoms with Crippen molar-refractivity contribution in [3.05, 3.63) is 65.7 Å². The zero-order valence-electron chi connectivity index (χ0n) is 11.8. The average molecular weight is 299 g/mol. The summed E-state index contributed by atoms with van der Waals surface area (Å²) in [7, 11) is 0. The van der Waals surface area contributed by atoms with Crippen LogP contribution in [0.25, 0.3) is 0 Å². The van der Waals surface area contributed by atoms with Gasteiger partial charge in [-0.2, -0.15) is 0 Å². The molecule has 2 atom stereocenters. The molecular formula is C17H17NO2S. The Kier molecular flexibility index (Phi) is 4.15. The zero-order chi connectivity index (χ0) is 14.7. The van der Waals surface area contributed by atoms with E-state index in [0.29, 0.717) is 6.61 Å². The van der Waals surface area contributed by atoms with Crippen LogP contribution >= 0.6 is 11.8 Å². The summed E-state index contributed by atoms with van der Waals surface area (Å²) in [6, 6.07) is 18.0. The second-order valence-corrected chi connectivity index (χ2v) is 6.46. The van der Waals surface area contributed by atoms with E-state index in [-0.39, 0.29) is 16.5 Å². The Morgan fingerprint density at radius 2 is 1.81 bits per heavy atom. The molecule has 108 valence electrons. The summed E-state index contributed by atoms with van der Waals surface area (Å²) in [4.78, 5) is 11.5. The molecule has 1 N–H and O–H groups in total. The Labute approximate surface area is 128 Å². The van der Waals surface area contributed by atoms with Gasteiger partial charge in [0.15, 0.2) is 0 Å². The minimum absolute atomic E-state index is 0.0176. The number of carbonyl (C=O) groups is 1. The van der Waals surface area contributed by atoms with Crippen LogP contribution in [0, 0.1) is 0 Å². The van der Waals surface area contributed by atoms with Crippen LogP contribution in [-0.2, 0) is 11.4 Å². The van der Waals surface area contributed by atoms with Crippen LogP contribution in [0.5, 0.6) is 5.75 Å². The molecule has 3 rings (SSSR count). The normalized spacial score (nSPS) is 21.1.